The fraction of sp³-hybridized carbons (Fsp3) is 0.733. The van der Waals surface area contributed by atoms with Crippen molar-refractivity contribution in [2.24, 2.45) is 5.92 Å². The maximum absolute atomic E-state index is 11.5. The van der Waals surface area contributed by atoms with E-state index < -0.39 is 10.0 Å². The number of hydrogen-bond donors (Lipinski definition) is 0. The molecule has 1 aromatic rings. The van der Waals surface area contributed by atoms with Gasteiger partial charge in [0.25, 0.3) is 0 Å². The van der Waals surface area contributed by atoms with E-state index in [-0.39, 0.29) is 0 Å². The van der Waals surface area contributed by atoms with Crippen LogP contribution in [0.5, 0.6) is 0 Å². The summed E-state index contributed by atoms with van der Waals surface area (Å²) in [6.07, 6.45) is 3.67. The monoisotopic (exact) mass is 339 g/mol. The number of nitrogens with zero attached hydrogens (tertiary/aromatic N) is 5. The van der Waals surface area contributed by atoms with Crippen molar-refractivity contribution in [3.8, 4) is 0 Å². The molecule has 0 saturated carbocycles. The van der Waals surface area contributed by atoms with Crippen LogP contribution in [0.2, 0.25) is 0 Å². The largest absolute Gasteiger partial charge is 0.355 e. The van der Waals surface area contributed by atoms with Crippen molar-refractivity contribution in [3.05, 3.63) is 12.1 Å². The second kappa shape index (κ2) is 6.60. The van der Waals surface area contributed by atoms with Gasteiger partial charge in [0.15, 0.2) is 11.6 Å². The molecule has 0 aromatic carbocycles. The van der Waals surface area contributed by atoms with Crippen LogP contribution in [0, 0.1) is 5.92 Å². The zero-order valence-corrected chi connectivity index (χ0v) is 14.7. The molecule has 0 atom stereocenters. The number of aromatic nitrogens is 2. The van der Waals surface area contributed by atoms with Crippen LogP contribution < -0.4 is 9.80 Å². The maximum Gasteiger partial charge on any atom is 0.211 e. The molecule has 2 fully saturated rings. The van der Waals surface area contributed by atoms with Gasteiger partial charge in [-0.1, -0.05) is 6.92 Å². The van der Waals surface area contributed by atoms with Gasteiger partial charge in [0.1, 0.15) is 0 Å². The van der Waals surface area contributed by atoms with Crippen LogP contribution in [0.25, 0.3) is 0 Å². The van der Waals surface area contributed by atoms with E-state index in [1.165, 1.54) is 23.4 Å². The fourth-order valence-corrected chi connectivity index (χ4v) is 3.97. The molecule has 2 aliphatic rings. The third kappa shape index (κ3) is 3.92. The number of sulfonamides is 1. The first-order valence-corrected chi connectivity index (χ1v) is 10.1. The number of anilines is 2. The Bertz CT molecular complexity index is 618. The van der Waals surface area contributed by atoms with E-state index in [1.807, 2.05) is 12.1 Å². The maximum atomic E-state index is 11.5. The Kier molecular flexibility index (Phi) is 4.72. The van der Waals surface area contributed by atoms with Crippen LogP contribution in [-0.4, -0.2) is 68.4 Å². The highest BCUT2D eigenvalue weighted by atomic mass is 32.2. The van der Waals surface area contributed by atoms with Gasteiger partial charge >= 0.3 is 0 Å². The summed E-state index contributed by atoms with van der Waals surface area (Å²) >= 11 is 0. The lowest BCUT2D eigenvalue weighted by Gasteiger charge is -2.34. The van der Waals surface area contributed by atoms with Crippen LogP contribution in [-0.2, 0) is 10.0 Å². The van der Waals surface area contributed by atoms with Crippen LogP contribution >= 0.6 is 0 Å². The standard InChI is InChI=1S/C15H25N5O2S/c1-13-5-7-18(8-6-13)14-3-4-15(17-16-14)19-9-11-20(12-10-19)23(2,21)22/h3-4,13H,5-12H2,1-2H3. The molecular formula is C15H25N5O2S. The Balaban J connectivity index is 1.60. The van der Waals surface area contributed by atoms with E-state index >= 15 is 0 Å². The summed E-state index contributed by atoms with van der Waals surface area (Å²) in [6, 6.07) is 4.03. The molecule has 23 heavy (non-hydrogen) atoms. The Morgan fingerprint density at radius 2 is 1.39 bits per heavy atom. The minimum Gasteiger partial charge on any atom is -0.355 e. The number of hydrogen-bond acceptors (Lipinski definition) is 6. The topological polar surface area (TPSA) is 69.6 Å². The molecule has 2 aliphatic heterocycles. The molecule has 8 heteroatoms. The van der Waals surface area contributed by atoms with E-state index in [0.29, 0.717) is 26.2 Å². The van der Waals surface area contributed by atoms with Crippen molar-refractivity contribution in [2.45, 2.75) is 19.8 Å². The highest BCUT2D eigenvalue weighted by Crippen LogP contribution is 2.22. The summed E-state index contributed by atoms with van der Waals surface area (Å²) in [5, 5.41) is 8.72. The molecule has 0 unspecified atom stereocenters. The minimum atomic E-state index is -3.09. The van der Waals surface area contributed by atoms with Gasteiger partial charge in [-0.3, -0.25) is 0 Å². The van der Waals surface area contributed by atoms with Gasteiger partial charge in [-0.2, -0.15) is 4.31 Å². The average Bonchev–Trinajstić information content (AvgIpc) is 2.55. The fourth-order valence-electron chi connectivity index (χ4n) is 3.14. The lowest BCUT2D eigenvalue weighted by atomic mass is 9.99. The molecule has 0 N–H and O–H groups in total. The van der Waals surface area contributed by atoms with E-state index in [4.69, 9.17) is 0 Å². The molecule has 1 aromatic heterocycles. The molecule has 0 bridgehead atoms. The average molecular weight is 339 g/mol. The van der Waals surface area contributed by atoms with Crippen LogP contribution in [0.1, 0.15) is 19.8 Å². The summed E-state index contributed by atoms with van der Waals surface area (Å²) < 4.78 is 24.6. The Morgan fingerprint density at radius 3 is 1.83 bits per heavy atom. The predicted octanol–water partition coefficient (Wildman–Crippen LogP) is 0.795. The van der Waals surface area contributed by atoms with Crippen molar-refractivity contribution < 1.29 is 8.42 Å². The van der Waals surface area contributed by atoms with Gasteiger partial charge in [-0.25, -0.2) is 8.42 Å². The van der Waals surface area contributed by atoms with E-state index in [0.717, 1.165) is 30.6 Å². The van der Waals surface area contributed by atoms with Gasteiger partial charge in [0, 0.05) is 39.3 Å². The van der Waals surface area contributed by atoms with Gasteiger partial charge in [-0.05, 0) is 30.9 Å². The van der Waals surface area contributed by atoms with Crippen molar-refractivity contribution >= 4 is 21.7 Å². The zero-order chi connectivity index (χ0) is 16.4. The molecule has 0 amide bonds. The normalized spacial score (nSPS) is 21.7. The van der Waals surface area contributed by atoms with Crippen molar-refractivity contribution in [3.63, 3.8) is 0 Å². The summed E-state index contributed by atoms with van der Waals surface area (Å²) in [7, 11) is -3.09. The van der Waals surface area contributed by atoms with Crippen LogP contribution in [0.4, 0.5) is 11.6 Å². The van der Waals surface area contributed by atoms with E-state index in [1.54, 1.807) is 0 Å². The van der Waals surface area contributed by atoms with E-state index in [2.05, 4.69) is 26.9 Å². The van der Waals surface area contributed by atoms with Gasteiger partial charge in [-0.15, -0.1) is 10.2 Å². The second-order valence-electron chi connectivity index (χ2n) is 6.57. The van der Waals surface area contributed by atoms with Crippen molar-refractivity contribution in [1.82, 2.24) is 14.5 Å². The number of piperazine rings is 1. The van der Waals surface area contributed by atoms with Crippen molar-refractivity contribution in [1.29, 1.82) is 0 Å². The number of piperidine rings is 1. The van der Waals surface area contributed by atoms with Crippen molar-refractivity contribution in [2.75, 3.05) is 55.3 Å². The minimum absolute atomic E-state index is 0.506. The van der Waals surface area contributed by atoms with Crippen LogP contribution in [0.15, 0.2) is 12.1 Å². The molecule has 2 saturated heterocycles. The third-order valence-corrected chi connectivity index (χ3v) is 6.08. The molecule has 7 nitrogen and oxygen atoms in total. The molecule has 3 rings (SSSR count). The smallest absolute Gasteiger partial charge is 0.211 e. The quantitative estimate of drug-likeness (QED) is 0.811. The summed E-state index contributed by atoms with van der Waals surface area (Å²) in [5.41, 5.74) is 0. The third-order valence-electron chi connectivity index (χ3n) is 4.78. The highest BCUT2D eigenvalue weighted by Gasteiger charge is 2.24. The Hall–Kier alpha value is -1.41. The summed E-state index contributed by atoms with van der Waals surface area (Å²) in [6.45, 7) is 6.70. The lowest BCUT2D eigenvalue weighted by Crippen LogP contribution is -2.48. The Labute approximate surface area is 138 Å². The first kappa shape index (κ1) is 16.4. The second-order valence-corrected chi connectivity index (χ2v) is 8.55. The predicted molar refractivity (Wildman–Crippen MR) is 91.3 cm³/mol. The van der Waals surface area contributed by atoms with E-state index in [9.17, 15) is 8.42 Å². The van der Waals surface area contributed by atoms with Crippen LogP contribution in [0.3, 0.4) is 0 Å². The molecule has 0 aliphatic carbocycles. The highest BCUT2D eigenvalue weighted by molar-refractivity contribution is 7.88. The molecule has 3 heterocycles. The first-order chi connectivity index (χ1) is 10.9. The number of rotatable bonds is 3. The SMILES string of the molecule is CC1CCN(c2ccc(N3CCN(S(C)(=O)=O)CC3)nn2)CC1. The van der Waals surface area contributed by atoms with Gasteiger partial charge < -0.3 is 9.80 Å². The molecular weight excluding hydrogens is 314 g/mol. The molecule has 0 spiro atoms. The molecule has 128 valence electrons. The molecule has 0 radical (unpaired) electrons. The Morgan fingerprint density at radius 1 is 0.913 bits per heavy atom. The van der Waals surface area contributed by atoms with Gasteiger partial charge in [0.05, 0.1) is 6.26 Å². The van der Waals surface area contributed by atoms with Gasteiger partial charge in [0.2, 0.25) is 10.0 Å². The zero-order valence-electron chi connectivity index (χ0n) is 13.8. The lowest BCUT2D eigenvalue weighted by molar-refractivity contribution is 0.386. The summed E-state index contributed by atoms with van der Waals surface area (Å²) in [5.74, 6) is 2.56. The summed E-state index contributed by atoms with van der Waals surface area (Å²) in [4.78, 5) is 4.38. The first-order valence-electron chi connectivity index (χ1n) is 8.22.